The smallest absolute Gasteiger partial charge is 0.271 e. The first-order valence-corrected chi connectivity index (χ1v) is 11.0. The molecule has 0 radical (unpaired) electrons. The molecular formula is C22H17Cl2N3O2S. The largest absolute Gasteiger partial charge is 0.350 e. The minimum atomic E-state index is -0.402. The van der Waals surface area contributed by atoms with Crippen molar-refractivity contribution >= 4 is 58.3 Å². The zero-order valence-electron chi connectivity index (χ0n) is 15.8. The first-order valence-electron chi connectivity index (χ1n) is 9.27. The third-order valence-corrected chi connectivity index (χ3v) is 6.34. The van der Waals surface area contributed by atoms with Crippen molar-refractivity contribution in [3.05, 3.63) is 82.0 Å². The summed E-state index contributed by atoms with van der Waals surface area (Å²) in [4.78, 5) is 32.2. The van der Waals surface area contributed by atoms with Crippen LogP contribution < -0.4 is 10.2 Å². The van der Waals surface area contributed by atoms with E-state index < -0.39 is 5.91 Å². The molecule has 0 atom stereocenters. The summed E-state index contributed by atoms with van der Waals surface area (Å²) in [5.41, 5.74) is 1.77. The molecule has 30 heavy (non-hydrogen) atoms. The average molecular weight is 458 g/mol. The first kappa shape index (κ1) is 20.7. The zero-order valence-corrected chi connectivity index (χ0v) is 18.1. The molecule has 2 amide bonds. The molecule has 2 heterocycles. The van der Waals surface area contributed by atoms with Gasteiger partial charge in [0.2, 0.25) is 5.91 Å². The fourth-order valence-electron chi connectivity index (χ4n) is 3.16. The Labute approximate surface area is 188 Å². The number of fused-ring (bicyclic) bond motifs is 1. The van der Waals surface area contributed by atoms with E-state index >= 15 is 0 Å². The lowest BCUT2D eigenvalue weighted by molar-refractivity contribution is -0.115. The Morgan fingerprint density at radius 2 is 1.80 bits per heavy atom. The van der Waals surface area contributed by atoms with E-state index in [-0.39, 0.29) is 16.6 Å². The Morgan fingerprint density at radius 1 is 1.03 bits per heavy atom. The Balaban J connectivity index is 1.54. The van der Waals surface area contributed by atoms with Crippen LogP contribution in [0.4, 0.5) is 11.5 Å². The number of thioether (sulfide) groups is 1. The minimum absolute atomic E-state index is 0.0804. The standard InChI is InChI=1S/C22H17Cl2N3O2S/c23-15-6-2-1-5-14(15)11-12-25-22(29)21-16(24)9-10-19(26-21)27-17-7-3-4-8-18(17)30-13-20(27)28/h1-10H,11-13H2,(H,25,29). The number of hydrogen-bond donors (Lipinski definition) is 1. The van der Waals surface area contributed by atoms with E-state index in [1.807, 2.05) is 48.5 Å². The van der Waals surface area contributed by atoms with Crippen LogP contribution in [0.25, 0.3) is 0 Å². The molecule has 8 heteroatoms. The van der Waals surface area contributed by atoms with Crippen LogP contribution in [-0.4, -0.2) is 29.1 Å². The highest BCUT2D eigenvalue weighted by Gasteiger charge is 2.28. The lowest BCUT2D eigenvalue weighted by Crippen LogP contribution is -2.33. The van der Waals surface area contributed by atoms with Gasteiger partial charge in [-0.05, 0) is 42.3 Å². The number of benzene rings is 2. The number of amides is 2. The van der Waals surface area contributed by atoms with Crippen molar-refractivity contribution in [2.24, 2.45) is 0 Å². The number of nitrogens with one attached hydrogen (secondary N) is 1. The molecule has 152 valence electrons. The summed E-state index contributed by atoms with van der Waals surface area (Å²) in [6.45, 7) is 0.382. The molecule has 0 aliphatic carbocycles. The number of carbonyl (C=O) groups excluding carboxylic acids is 2. The van der Waals surface area contributed by atoms with E-state index in [1.165, 1.54) is 16.7 Å². The fraction of sp³-hybridized carbons (Fsp3) is 0.136. The number of aromatic nitrogens is 1. The number of pyridine rings is 1. The van der Waals surface area contributed by atoms with Crippen molar-refractivity contribution in [3.8, 4) is 0 Å². The second-order valence-electron chi connectivity index (χ2n) is 6.58. The summed E-state index contributed by atoms with van der Waals surface area (Å²) in [5, 5.41) is 3.70. The van der Waals surface area contributed by atoms with Gasteiger partial charge in [-0.3, -0.25) is 14.5 Å². The predicted octanol–water partition coefficient (Wildman–Crippen LogP) is 5.13. The van der Waals surface area contributed by atoms with Gasteiger partial charge in [0, 0.05) is 16.5 Å². The highest BCUT2D eigenvalue weighted by molar-refractivity contribution is 8.00. The molecule has 0 saturated carbocycles. The van der Waals surface area contributed by atoms with Crippen molar-refractivity contribution < 1.29 is 9.59 Å². The van der Waals surface area contributed by atoms with Crippen LogP contribution in [0.1, 0.15) is 16.1 Å². The van der Waals surface area contributed by atoms with E-state index in [0.29, 0.717) is 29.6 Å². The van der Waals surface area contributed by atoms with Crippen LogP contribution in [0.5, 0.6) is 0 Å². The third kappa shape index (κ3) is 4.31. The van der Waals surface area contributed by atoms with Gasteiger partial charge in [-0.25, -0.2) is 4.98 Å². The second kappa shape index (κ2) is 9.08. The maximum absolute atomic E-state index is 12.7. The van der Waals surface area contributed by atoms with Crippen LogP contribution in [0, 0.1) is 0 Å². The normalized spacial score (nSPS) is 13.1. The van der Waals surface area contributed by atoms with Crippen LogP contribution in [-0.2, 0) is 11.2 Å². The van der Waals surface area contributed by atoms with Gasteiger partial charge in [0.05, 0.1) is 16.5 Å². The summed E-state index contributed by atoms with van der Waals surface area (Å²) in [6, 6.07) is 18.3. The number of nitrogens with zero attached hydrogens (tertiary/aromatic N) is 2. The highest BCUT2D eigenvalue weighted by Crippen LogP contribution is 2.39. The van der Waals surface area contributed by atoms with Crippen LogP contribution in [0.15, 0.2) is 65.6 Å². The van der Waals surface area contributed by atoms with Gasteiger partial charge < -0.3 is 5.32 Å². The fourth-order valence-corrected chi connectivity index (χ4v) is 4.48. The first-order chi connectivity index (χ1) is 14.5. The van der Waals surface area contributed by atoms with E-state index in [9.17, 15) is 9.59 Å². The molecule has 1 aliphatic heterocycles. The molecule has 1 aromatic heterocycles. The van der Waals surface area contributed by atoms with Crippen molar-refractivity contribution in [2.75, 3.05) is 17.2 Å². The van der Waals surface area contributed by atoms with Crippen molar-refractivity contribution in [2.45, 2.75) is 11.3 Å². The Bertz CT molecular complexity index is 1120. The van der Waals surface area contributed by atoms with Gasteiger partial charge in [-0.1, -0.05) is 53.5 Å². The Kier molecular flexibility index (Phi) is 6.27. The van der Waals surface area contributed by atoms with Gasteiger partial charge in [0.25, 0.3) is 5.91 Å². The lowest BCUT2D eigenvalue weighted by atomic mass is 10.1. The van der Waals surface area contributed by atoms with Crippen LogP contribution in [0.3, 0.4) is 0 Å². The average Bonchev–Trinajstić information content (AvgIpc) is 2.75. The highest BCUT2D eigenvalue weighted by atomic mass is 35.5. The molecule has 0 saturated heterocycles. The van der Waals surface area contributed by atoms with Crippen molar-refractivity contribution in [1.29, 1.82) is 0 Å². The Morgan fingerprint density at radius 3 is 2.63 bits per heavy atom. The molecule has 1 N–H and O–H groups in total. The Hall–Kier alpha value is -2.54. The van der Waals surface area contributed by atoms with Gasteiger partial charge in [-0.2, -0.15) is 0 Å². The topological polar surface area (TPSA) is 62.3 Å². The third-order valence-electron chi connectivity index (χ3n) is 4.62. The maximum atomic E-state index is 12.7. The minimum Gasteiger partial charge on any atom is -0.350 e. The number of hydrogen-bond acceptors (Lipinski definition) is 4. The number of carbonyl (C=O) groups is 2. The van der Waals surface area contributed by atoms with Gasteiger partial charge >= 0.3 is 0 Å². The van der Waals surface area contributed by atoms with E-state index in [1.54, 1.807) is 12.1 Å². The number of rotatable bonds is 5. The molecule has 0 bridgehead atoms. The van der Waals surface area contributed by atoms with Gasteiger partial charge in [0.15, 0.2) is 0 Å². The lowest BCUT2D eigenvalue weighted by Gasteiger charge is -2.28. The maximum Gasteiger partial charge on any atom is 0.271 e. The summed E-state index contributed by atoms with van der Waals surface area (Å²) < 4.78 is 0. The van der Waals surface area contributed by atoms with E-state index in [4.69, 9.17) is 23.2 Å². The molecule has 2 aromatic carbocycles. The predicted molar refractivity (Wildman–Crippen MR) is 121 cm³/mol. The van der Waals surface area contributed by atoms with Gasteiger partial charge in [0.1, 0.15) is 11.5 Å². The number of para-hydroxylation sites is 1. The molecule has 3 aromatic rings. The molecule has 0 fully saturated rings. The van der Waals surface area contributed by atoms with Crippen LogP contribution in [0.2, 0.25) is 10.0 Å². The summed E-state index contributed by atoms with van der Waals surface area (Å²) in [5.74, 6) is 0.175. The van der Waals surface area contributed by atoms with Crippen LogP contribution >= 0.6 is 35.0 Å². The van der Waals surface area contributed by atoms with E-state index in [0.717, 1.165) is 16.1 Å². The quantitative estimate of drug-likeness (QED) is 0.576. The summed E-state index contributed by atoms with van der Waals surface area (Å²) >= 11 is 13.9. The zero-order chi connectivity index (χ0) is 21.1. The molecular weight excluding hydrogens is 441 g/mol. The number of anilines is 2. The second-order valence-corrected chi connectivity index (χ2v) is 8.41. The summed E-state index contributed by atoms with van der Waals surface area (Å²) in [6.07, 6.45) is 0.581. The molecule has 0 spiro atoms. The van der Waals surface area contributed by atoms with E-state index in [2.05, 4.69) is 10.3 Å². The van der Waals surface area contributed by atoms with Gasteiger partial charge in [-0.15, -0.1) is 11.8 Å². The molecule has 4 rings (SSSR count). The molecule has 1 aliphatic rings. The SMILES string of the molecule is O=C(NCCc1ccccc1Cl)c1nc(N2C(=O)CSc3ccccc32)ccc1Cl. The van der Waals surface area contributed by atoms with Crippen molar-refractivity contribution in [3.63, 3.8) is 0 Å². The monoisotopic (exact) mass is 457 g/mol. The number of halogens is 2. The summed E-state index contributed by atoms with van der Waals surface area (Å²) in [7, 11) is 0. The molecule has 0 unspecified atom stereocenters. The molecule has 5 nitrogen and oxygen atoms in total. The van der Waals surface area contributed by atoms with Crippen molar-refractivity contribution in [1.82, 2.24) is 10.3 Å².